The standard InChI is InChI=1S/C17H28N2/c1-15(2)19-12-7-10-17(14-19)18(3)13-11-16-8-5-4-6-9-16/h4-6,8-9,15,17H,7,10-14H2,1-3H3. The van der Waals surface area contributed by atoms with E-state index in [1.54, 1.807) is 0 Å². The first-order valence-electron chi connectivity index (χ1n) is 7.65. The molecule has 1 fully saturated rings. The van der Waals surface area contributed by atoms with Gasteiger partial charge in [0.25, 0.3) is 0 Å². The Morgan fingerprint density at radius 3 is 2.68 bits per heavy atom. The Morgan fingerprint density at radius 1 is 1.26 bits per heavy atom. The molecule has 1 heterocycles. The van der Waals surface area contributed by atoms with Gasteiger partial charge in [0, 0.05) is 25.2 Å². The Kier molecular flexibility index (Phi) is 5.41. The lowest BCUT2D eigenvalue weighted by Crippen LogP contribution is -2.49. The van der Waals surface area contributed by atoms with Crippen LogP contribution >= 0.6 is 0 Å². The molecule has 1 atom stereocenters. The fraction of sp³-hybridized carbons (Fsp3) is 0.647. The van der Waals surface area contributed by atoms with Crippen molar-refractivity contribution in [3.05, 3.63) is 35.9 Å². The van der Waals surface area contributed by atoms with E-state index < -0.39 is 0 Å². The molecule has 0 saturated carbocycles. The first-order chi connectivity index (χ1) is 9.16. The monoisotopic (exact) mass is 260 g/mol. The van der Waals surface area contributed by atoms with Crippen molar-refractivity contribution in [1.29, 1.82) is 0 Å². The van der Waals surface area contributed by atoms with Gasteiger partial charge >= 0.3 is 0 Å². The Morgan fingerprint density at radius 2 is 2.00 bits per heavy atom. The van der Waals surface area contributed by atoms with Crippen LogP contribution in [0.3, 0.4) is 0 Å². The van der Waals surface area contributed by atoms with E-state index in [4.69, 9.17) is 0 Å². The van der Waals surface area contributed by atoms with Crippen molar-refractivity contribution in [2.45, 2.75) is 45.2 Å². The molecule has 2 nitrogen and oxygen atoms in total. The van der Waals surface area contributed by atoms with Crippen LogP contribution < -0.4 is 0 Å². The van der Waals surface area contributed by atoms with Crippen molar-refractivity contribution < 1.29 is 0 Å². The maximum absolute atomic E-state index is 2.62. The zero-order valence-electron chi connectivity index (χ0n) is 12.7. The summed E-state index contributed by atoms with van der Waals surface area (Å²) in [5.74, 6) is 0. The van der Waals surface area contributed by atoms with E-state index in [-0.39, 0.29) is 0 Å². The highest BCUT2D eigenvalue weighted by molar-refractivity contribution is 5.14. The van der Waals surface area contributed by atoms with Crippen LogP contribution in [0, 0.1) is 0 Å². The average molecular weight is 260 g/mol. The SMILES string of the molecule is CC(C)N1CCCC(N(C)CCc2ccccc2)C1. The molecule has 0 amide bonds. The van der Waals surface area contributed by atoms with Gasteiger partial charge in [0.2, 0.25) is 0 Å². The number of benzene rings is 1. The van der Waals surface area contributed by atoms with Crippen LogP contribution in [0.5, 0.6) is 0 Å². The van der Waals surface area contributed by atoms with E-state index in [9.17, 15) is 0 Å². The molecule has 1 aliphatic rings. The molecule has 0 spiro atoms. The topological polar surface area (TPSA) is 6.48 Å². The third kappa shape index (κ3) is 4.32. The number of piperidine rings is 1. The Bertz CT molecular complexity index is 361. The van der Waals surface area contributed by atoms with Gasteiger partial charge in [-0.1, -0.05) is 30.3 Å². The largest absolute Gasteiger partial charge is 0.302 e. The highest BCUT2D eigenvalue weighted by atomic mass is 15.2. The molecule has 19 heavy (non-hydrogen) atoms. The summed E-state index contributed by atoms with van der Waals surface area (Å²) in [5.41, 5.74) is 1.45. The molecule has 2 rings (SSSR count). The molecule has 0 bridgehead atoms. The van der Waals surface area contributed by atoms with Gasteiger partial charge in [-0.25, -0.2) is 0 Å². The predicted octanol–water partition coefficient (Wildman–Crippen LogP) is 3.03. The summed E-state index contributed by atoms with van der Waals surface area (Å²) in [6.07, 6.45) is 3.86. The van der Waals surface area contributed by atoms with Crippen molar-refractivity contribution in [2.75, 3.05) is 26.7 Å². The van der Waals surface area contributed by atoms with E-state index in [1.165, 1.54) is 38.0 Å². The van der Waals surface area contributed by atoms with Crippen molar-refractivity contribution in [3.8, 4) is 0 Å². The molecule has 2 heteroatoms. The van der Waals surface area contributed by atoms with Crippen molar-refractivity contribution >= 4 is 0 Å². The van der Waals surface area contributed by atoms with Gasteiger partial charge in [0.15, 0.2) is 0 Å². The van der Waals surface area contributed by atoms with Gasteiger partial charge in [-0.3, -0.25) is 4.90 Å². The van der Waals surface area contributed by atoms with Gasteiger partial charge in [0.05, 0.1) is 0 Å². The van der Waals surface area contributed by atoms with Crippen molar-refractivity contribution in [3.63, 3.8) is 0 Å². The molecule has 106 valence electrons. The summed E-state index contributed by atoms with van der Waals surface area (Å²) in [5, 5.41) is 0. The van der Waals surface area contributed by atoms with Crippen LogP contribution in [0.4, 0.5) is 0 Å². The van der Waals surface area contributed by atoms with Crippen LogP contribution in [0.1, 0.15) is 32.3 Å². The number of hydrogen-bond donors (Lipinski definition) is 0. The molecule has 1 unspecified atom stereocenters. The number of likely N-dealkylation sites (N-methyl/N-ethyl adjacent to an activating group) is 1. The average Bonchev–Trinajstić information content (AvgIpc) is 2.46. The first-order valence-corrected chi connectivity index (χ1v) is 7.65. The molecular weight excluding hydrogens is 232 g/mol. The fourth-order valence-corrected chi connectivity index (χ4v) is 2.94. The van der Waals surface area contributed by atoms with E-state index in [2.05, 4.69) is 61.0 Å². The first kappa shape index (κ1) is 14.5. The summed E-state index contributed by atoms with van der Waals surface area (Å²) in [6.45, 7) is 8.31. The third-order valence-corrected chi connectivity index (χ3v) is 4.38. The summed E-state index contributed by atoms with van der Waals surface area (Å²) < 4.78 is 0. The normalized spacial score (nSPS) is 21.2. The fourth-order valence-electron chi connectivity index (χ4n) is 2.94. The predicted molar refractivity (Wildman–Crippen MR) is 82.5 cm³/mol. The lowest BCUT2D eigenvalue weighted by Gasteiger charge is -2.39. The number of nitrogens with zero attached hydrogens (tertiary/aromatic N) is 2. The van der Waals surface area contributed by atoms with Crippen molar-refractivity contribution in [1.82, 2.24) is 9.80 Å². The molecule has 1 saturated heterocycles. The zero-order valence-corrected chi connectivity index (χ0v) is 12.7. The number of hydrogen-bond acceptors (Lipinski definition) is 2. The minimum Gasteiger partial charge on any atom is -0.302 e. The van der Waals surface area contributed by atoms with E-state index in [0.717, 1.165) is 12.5 Å². The van der Waals surface area contributed by atoms with Gasteiger partial charge in [-0.05, 0) is 52.3 Å². The van der Waals surface area contributed by atoms with Crippen LogP contribution in [0.2, 0.25) is 0 Å². The minimum atomic E-state index is 0.685. The highest BCUT2D eigenvalue weighted by Gasteiger charge is 2.24. The smallest absolute Gasteiger partial charge is 0.0220 e. The zero-order chi connectivity index (χ0) is 13.7. The number of rotatable bonds is 5. The summed E-state index contributed by atoms with van der Waals surface area (Å²) >= 11 is 0. The highest BCUT2D eigenvalue weighted by Crippen LogP contribution is 2.17. The van der Waals surface area contributed by atoms with Gasteiger partial charge in [-0.15, -0.1) is 0 Å². The number of likely N-dealkylation sites (tertiary alicyclic amines) is 1. The summed E-state index contributed by atoms with van der Waals surface area (Å²) in [7, 11) is 2.29. The Balaban J connectivity index is 1.81. The lowest BCUT2D eigenvalue weighted by atomic mass is 10.0. The van der Waals surface area contributed by atoms with E-state index in [0.29, 0.717) is 6.04 Å². The van der Waals surface area contributed by atoms with E-state index in [1.807, 2.05) is 0 Å². The summed E-state index contributed by atoms with van der Waals surface area (Å²) in [4.78, 5) is 5.18. The molecule has 1 aliphatic heterocycles. The third-order valence-electron chi connectivity index (χ3n) is 4.38. The molecule has 0 N–H and O–H groups in total. The van der Waals surface area contributed by atoms with Crippen LogP contribution in [-0.4, -0.2) is 48.6 Å². The Labute approximate surface area is 118 Å². The lowest BCUT2D eigenvalue weighted by molar-refractivity contribution is 0.0958. The molecule has 0 aliphatic carbocycles. The second-order valence-electron chi connectivity index (χ2n) is 6.10. The van der Waals surface area contributed by atoms with Crippen LogP contribution in [-0.2, 0) is 6.42 Å². The molecule has 0 aromatic heterocycles. The van der Waals surface area contributed by atoms with Crippen LogP contribution in [0.25, 0.3) is 0 Å². The second-order valence-corrected chi connectivity index (χ2v) is 6.10. The quantitative estimate of drug-likeness (QED) is 0.803. The van der Waals surface area contributed by atoms with Gasteiger partial charge < -0.3 is 4.90 Å². The molecule has 1 aromatic carbocycles. The molecular formula is C17H28N2. The summed E-state index contributed by atoms with van der Waals surface area (Å²) in [6, 6.07) is 12.2. The maximum atomic E-state index is 2.62. The van der Waals surface area contributed by atoms with Gasteiger partial charge in [-0.2, -0.15) is 0 Å². The molecule has 1 aromatic rings. The molecule has 0 radical (unpaired) electrons. The maximum Gasteiger partial charge on any atom is 0.0220 e. The second kappa shape index (κ2) is 7.06. The van der Waals surface area contributed by atoms with Crippen molar-refractivity contribution in [2.24, 2.45) is 0 Å². The minimum absolute atomic E-state index is 0.685. The Hall–Kier alpha value is -0.860. The van der Waals surface area contributed by atoms with Crippen LogP contribution in [0.15, 0.2) is 30.3 Å². The van der Waals surface area contributed by atoms with Gasteiger partial charge in [0.1, 0.15) is 0 Å². The van der Waals surface area contributed by atoms with E-state index >= 15 is 0 Å².